The molecule has 0 saturated heterocycles. The first-order chi connectivity index (χ1) is 9.06. The summed E-state index contributed by atoms with van der Waals surface area (Å²) in [6, 6.07) is 12.7. The van der Waals surface area contributed by atoms with Gasteiger partial charge < -0.3 is 11.1 Å². The Morgan fingerprint density at radius 2 is 1.74 bits per heavy atom. The minimum Gasteiger partial charge on any atom is -0.397 e. The fourth-order valence-corrected chi connectivity index (χ4v) is 2.12. The van der Waals surface area contributed by atoms with E-state index in [2.05, 4.69) is 50.4 Å². The largest absolute Gasteiger partial charge is 0.397 e. The third kappa shape index (κ3) is 3.50. The van der Waals surface area contributed by atoms with Crippen molar-refractivity contribution >= 4 is 11.4 Å². The molecule has 0 aromatic heterocycles. The number of rotatable bonds is 4. The highest BCUT2D eigenvalue weighted by Gasteiger charge is 2.00. The van der Waals surface area contributed by atoms with Gasteiger partial charge in [0, 0.05) is 6.54 Å². The van der Waals surface area contributed by atoms with Crippen LogP contribution in [-0.4, -0.2) is 6.54 Å². The van der Waals surface area contributed by atoms with Crippen LogP contribution in [0.4, 0.5) is 11.4 Å². The number of nitrogen functional groups attached to an aromatic ring is 1. The summed E-state index contributed by atoms with van der Waals surface area (Å²) in [5, 5.41) is 3.41. The molecule has 2 rings (SSSR count). The normalized spacial score (nSPS) is 10.5. The van der Waals surface area contributed by atoms with E-state index in [0.29, 0.717) is 0 Å². The van der Waals surface area contributed by atoms with Crippen LogP contribution in [0.5, 0.6) is 0 Å². The smallest absolute Gasteiger partial charge is 0.0576 e. The maximum Gasteiger partial charge on any atom is 0.0576 e. The monoisotopic (exact) mass is 254 g/mol. The van der Waals surface area contributed by atoms with Crippen LogP contribution in [0.2, 0.25) is 0 Å². The van der Waals surface area contributed by atoms with E-state index in [1.165, 1.54) is 22.3 Å². The average Bonchev–Trinajstić information content (AvgIpc) is 2.38. The fraction of sp³-hybridized carbons (Fsp3) is 0.294. The van der Waals surface area contributed by atoms with E-state index in [4.69, 9.17) is 5.73 Å². The van der Waals surface area contributed by atoms with E-state index in [1.807, 2.05) is 12.1 Å². The van der Waals surface area contributed by atoms with Crippen molar-refractivity contribution in [1.82, 2.24) is 0 Å². The van der Waals surface area contributed by atoms with Gasteiger partial charge in [0.15, 0.2) is 0 Å². The quantitative estimate of drug-likeness (QED) is 0.813. The topological polar surface area (TPSA) is 38.0 Å². The zero-order chi connectivity index (χ0) is 13.8. The first kappa shape index (κ1) is 13.5. The van der Waals surface area contributed by atoms with Crippen molar-refractivity contribution < 1.29 is 0 Å². The van der Waals surface area contributed by atoms with Gasteiger partial charge in [-0.3, -0.25) is 0 Å². The van der Waals surface area contributed by atoms with E-state index in [0.717, 1.165) is 24.3 Å². The van der Waals surface area contributed by atoms with E-state index in [-0.39, 0.29) is 0 Å². The van der Waals surface area contributed by atoms with Crippen LogP contribution >= 0.6 is 0 Å². The Hall–Kier alpha value is -1.96. The van der Waals surface area contributed by atoms with Gasteiger partial charge in [-0.25, -0.2) is 0 Å². The average molecular weight is 254 g/mol. The Morgan fingerprint density at radius 3 is 2.47 bits per heavy atom. The number of aryl methyl sites for hydroxylation is 3. The molecule has 19 heavy (non-hydrogen) atoms. The molecule has 3 N–H and O–H groups in total. The molecule has 0 aliphatic heterocycles. The molecular weight excluding hydrogens is 232 g/mol. The second-order valence-corrected chi connectivity index (χ2v) is 5.19. The minimum absolute atomic E-state index is 0.811. The summed E-state index contributed by atoms with van der Waals surface area (Å²) in [4.78, 5) is 0. The summed E-state index contributed by atoms with van der Waals surface area (Å²) in [5.41, 5.74) is 13.1. The highest BCUT2D eigenvalue weighted by atomic mass is 14.9. The number of benzene rings is 2. The molecule has 0 aliphatic rings. The fourth-order valence-electron chi connectivity index (χ4n) is 2.12. The molecule has 2 aromatic rings. The van der Waals surface area contributed by atoms with E-state index in [1.54, 1.807) is 0 Å². The lowest BCUT2D eigenvalue weighted by Gasteiger charge is -2.11. The van der Waals surface area contributed by atoms with Crippen molar-refractivity contribution in [1.29, 1.82) is 0 Å². The van der Waals surface area contributed by atoms with Crippen molar-refractivity contribution in [3.63, 3.8) is 0 Å². The Labute approximate surface area is 115 Å². The van der Waals surface area contributed by atoms with Gasteiger partial charge in [0.2, 0.25) is 0 Å². The molecule has 0 saturated carbocycles. The predicted molar refractivity (Wildman–Crippen MR) is 83.7 cm³/mol. The molecule has 0 heterocycles. The molecule has 2 nitrogen and oxygen atoms in total. The third-order valence-electron chi connectivity index (χ3n) is 3.51. The van der Waals surface area contributed by atoms with Gasteiger partial charge in [0.25, 0.3) is 0 Å². The van der Waals surface area contributed by atoms with Gasteiger partial charge in [-0.2, -0.15) is 0 Å². The van der Waals surface area contributed by atoms with Gasteiger partial charge in [0.1, 0.15) is 0 Å². The molecule has 0 fully saturated rings. The first-order valence-electron chi connectivity index (χ1n) is 6.72. The number of anilines is 2. The van der Waals surface area contributed by atoms with Crippen molar-refractivity contribution in [2.24, 2.45) is 0 Å². The molecule has 100 valence electrons. The van der Waals surface area contributed by atoms with Crippen molar-refractivity contribution in [3.05, 3.63) is 58.7 Å². The number of hydrogen-bond acceptors (Lipinski definition) is 2. The van der Waals surface area contributed by atoms with Crippen molar-refractivity contribution in [2.45, 2.75) is 27.2 Å². The van der Waals surface area contributed by atoms with Crippen LogP contribution in [0.15, 0.2) is 36.4 Å². The number of hydrogen-bond donors (Lipinski definition) is 2. The van der Waals surface area contributed by atoms with Crippen LogP contribution in [0, 0.1) is 20.8 Å². The summed E-state index contributed by atoms with van der Waals surface area (Å²) >= 11 is 0. The van der Waals surface area contributed by atoms with E-state index < -0.39 is 0 Å². The highest BCUT2D eigenvalue weighted by molar-refractivity contribution is 5.66. The second-order valence-electron chi connectivity index (χ2n) is 5.19. The zero-order valence-electron chi connectivity index (χ0n) is 12.0. The Kier molecular flexibility index (Phi) is 4.10. The molecule has 2 heteroatoms. The van der Waals surface area contributed by atoms with Crippen LogP contribution in [-0.2, 0) is 6.42 Å². The van der Waals surface area contributed by atoms with Crippen molar-refractivity contribution in [3.8, 4) is 0 Å². The lowest BCUT2D eigenvalue weighted by atomic mass is 10.0. The van der Waals surface area contributed by atoms with Crippen LogP contribution < -0.4 is 11.1 Å². The molecule has 2 aromatic carbocycles. The van der Waals surface area contributed by atoms with Gasteiger partial charge in [0.05, 0.1) is 11.4 Å². The summed E-state index contributed by atoms with van der Waals surface area (Å²) in [5.74, 6) is 0. The molecule has 0 radical (unpaired) electrons. The zero-order valence-corrected chi connectivity index (χ0v) is 12.0. The maximum absolute atomic E-state index is 5.95. The maximum atomic E-state index is 5.95. The SMILES string of the molecule is Cc1ccc(N)c(NCCc2ccc(C)c(C)c2)c1. The summed E-state index contributed by atoms with van der Waals surface area (Å²) < 4.78 is 0. The Bertz CT molecular complexity index is 573. The van der Waals surface area contributed by atoms with Crippen LogP contribution in [0.1, 0.15) is 22.3 Å². The van der Waals surface area contributed by atoms with Gasteiger partial charge in [-0.05, 0) is 61.6 Å². The number of nitrogens with one attached hydrogen (secondary N) is 1. The summed E-state index contributed by atoms with van der Waals surface area (Å²) in [6.07, 6.45) is 1.01. The molecule has 0 unspecified atom stereocenters. The lowest BCUT2D eigenvalue weighted by Crippen LogP contribution is -2.07. The molecule has 0 aliphatic carbocycles. The van der Waals surface area contributed by atoms with Crippen LogP contribution in [0.25, 0.3) is 0 Å². The molecule has 0 amide bonds. The minimum atomic E-state index is 0.811. The van der Waals surface area contributed by atoms with Gasteiger partial charge >= 0.3 is 0 Å². The van der Waals surface area contributed by atoms with E-state index in [9.17, 15) is 0 Å². The lowest BCUT2D eigenvalue weighted by molar-refractivity contribution is 1.01. The van der Waals surface area contributed by atoms with Gasteiger partial charge in [-0.1, -0.05) is 24.3 Å². The number of nitrogens with two attached hydrogens (primary N) is 1. The molecule has 0 atom stereocenters. The standard InChI is InChI=1S/C17H22N2/c1-12-4-7-16(18)17(10-12)19-9-8-15-6-5-13(2)14(3)11-15/h4-7,10-11,19H,8-9,18H2,1-3H3. The van der Waals surface area contributed by atoms with Crippen LogP contribution in [0.3, 0.4) is 0 Å². The predicted octanol–water partition coefficient (Wildman–Crippen LogP) is 3.85. The summed E-state index contributed by atoms with van der Waals surface area (Å²) in [7, 11) is 0. The third-order valence-corrected chi connectivity index (χ3v) is 3.51. The summed E-state index contributed by atoms with van der Waals surface area (Å²) in [6.45, 7) is 7.28. The Balaban J connectivity index is 1.96. The molecular formula is C17H22N2. The first-order valence-corrected chi connectivity index (χ1v) is 6.72. The Morgan fingerprint density at radius 1 is 0.947 bits per heavy atom. The van der Waals surface area contributed by atoms with Crippen molar-refractivity contribution in [2.75, 3.05) is 17.6 Å². The van der Waals surface area contributed by atoms with Gasteiger partial charge in [-0.15, -0.1) is 0 Å². The van der Waals surface area contributed by atoms with E-state index >= 15 is 0 Å². The highest BCUT2D eigenvalue weighted by Crippen LogP contribution is 2.19. The molecule has 0 bridgehead atoms. The second kappa shape index (κ2) is 5.79. The molecule has 0 spiro atoms.